The number of aryl methyl sites for hydroxylation is 1. The van der Waals surface area contributed by atoms with E-state index in [0.29, 0.717) is 11.5 Å². The van der Waals surface area contributed by atoms with Crippen molar-refractivity contribution in [1.82, 2.24) is 4.72 Å². The molecule has 0 saturated carbocycles. The molecule has 0 amide bonds. The molecule has 122 valence electrons. The molecular formula is C17H19NO4S. The van der Waals surface area contributed by atoms with E-state index in [1.165, 1.54) is 31.9 Å². The summed E-state index contributed by atoms with van der Waals surface area (Å²) in [7, 11) is -0.635. The number of ether oxygens (including phenoxy) is 2. The van der Waals surface area contributed by atoms with Crippen LogP contribution in [0.3, 0.4) is 0 Å². The summed E-state index contributed by atoms with van der Waals surface area (Å²) >= 11 is 0. The lowest BCUT2D eigenvalue weighted by Crippen LogP contribution is -2.27. The maximum Gasteiger partial charge on any atom is 0.241 e. The van der Waals surface area contributed by atoms with Crippen LogP contribution < -0.4 is 14.2 Å². The summed E-state index contributed by atoms with van der Waals surface area (Å²) in [4.78, 5) is 0.166. The van der Waals surface area contributed by atoms with E-state index in [0.717, 1.165) is 18.4 Å². The molecule has 23 heavy (non-hydrogen) atoms. The van der Waals surface area contributed by atoms with Gasteiger partial charge >= 0.3 is 0 Å². The third kappa shape index (κ3) is 3.04. The van der Waals surface area contributed by atoms with Gasteiger partial charge < -0.3 is 9.47 Å². The first-order valence-electron chi connectivity index (χ1n) is 7.37. The van der Waals surface area contributed by atoms with Gasteiger partial charge in [0, 0.05) is 12.1 Å². The minimum absolute atomic E-state index is 0.166. The molecular weight excluding hydrogens is 314 g/mol. The van der Waals surface area contributed by atoms with Gasteiger partial charge in [-0.05, 0) is 36.1 Å². The van der Waals surface area contributed by atoms with Crippen LogP contribution in [0.2, 0.25) is 0 Å². The van der Waals surface area contributed by atoms with Crippen molar-refractivity contribution in [2.75, 3.05) is 14.2 Å². The molecule has 0 spiro atoms. The van der Waals surface area contributed by atoms with Gasteiger partial charge in [-0.3, -0.25) is 0 Å². The second-order valence-corrected chi connectivity index (χ2v) is 7.14. The second-order valence-electron chi connectivity index (χ2n) is 5.43. The Morgan fingerprint density at radius 3 is 2.52 bits per heavy atom. The van der Waals surface area contributed by atoms with Gasteiger partial charge in [-0.1, -0.05) is 24.3 Å². The molecule has 5 nitrogen and oxygen atoms in total. The molecule has 3 rings (SSSR count). The van der Waals surface area contributed by atoms with Crippen LogP contribution in [-0.4, -0.2) is 22.6 Å². The fourth-order valence-corrected chi connectivity index (χ4v) is 4.18. The predicted octanol–water partition coefficient (Wildman–Crippen LogP) is 2.67. The third-order valence-electron chi connectivity index (χ3n) is 4.10. The first-order chi connectivity index (χ1) is 11.0. The lowest BCUT2D eigenvalue weighted by Gasteiger charge is -2.15. The Morgan fingerprint density at radius 2 is 1.78 bits per heavy atom. The lowest BCUT2D eigenvalue weighted by molar-refractivity contribution is 0.354. The van der Waals surface area contributed by atoms with E-state index in [-0.39, 0.29) is 10.9 Å². The third-order valence-corrected chi connectivity index (χ3v) is 5.56. The number of hydrogen-bond acceptors (Lipinski definition) is 4. The quantitative estimate of drug-likeness (QED) is 0.914. The van der Waals surface area contributed by atoms with Crippen LogP contribution in [0, 0.1) is 0 Å². The number of methoxy groups -OCH3 is 2. The fourth-order valence-electron chi connectivity index (χ4n) is 2.92. The van der Waals surface area contributed by atoms with E-state index in [1.807, 2.05) is 24.3 Å². The molecule has 6 heteroatoms. The van der Waals surface area contributed by atoms with E-state index in [4.69, 9.17) is 9.47 Å². The summed E-state index contributed by atoms with van der Waals surface area (Å²) in [6.07, 6.45) is 1.65. The summed E-state index contributed by atoms with van der Waals surface area (Å²) in [6.45, 7) is 0. The van der Waals surface area contributed by atoms with Gasteiger partial charge in [-0.15, -0.1) is 0 Å². The minimum Gasteiger partial charge on any atom is -0.493 e. The van der Waals surface area contributed by atoms with Crippen molar-refractivity contribution in [2.24, 2.45) is 0 Å². The van der Waals surface area contributed by atoms with Gasteiger partial charge in [0.05, 0.1) is 19.1 Å². The minimum atomic E-state index is -3.63. The standard InChI is InChI=1S/C17H19NO4S/c1-21-16-10-8-13(11-17(16)22-2)23(19,20)18-15-9-7-12-5-3-4-6-14(12)15/h3-6,8,10-11,15,18H,7,9H2,1-2H3/t15-/m0/s1. The lowest BCUT2D eigenvalue weighted by atomic mass is 10.1. The molecule has 2 aromatic rings. The highest BCUT2D eigenvalue weighted by atomic mass is 32.2. The Morgan fingerprint density at radius 1 is 1.04 bits per heavy atom. The maximum atomic E-state index is 12.7. The Labute approximate surface area is 136 Å². The van der Waals surface area contributed by atoms with Crippen LogP contribution in [0.1, 0.15) is 23.6 Å². The van der Waals surface area contributed by atoms with Crippen molar-refractivity contribution >= 4 is 10.0 Å². The molecule has 2 aromatic carbocycles. The van der Waals surface area contributed by atoms with Gasteiger partial charge in [0.15, 0.2) is 11.5 Å². The zero-order chi connectivity index (χ0) is 16.4. The molecule has 0 heterocycles. The summed E-state index contributed by atoms with van der Waals surface area (Å²) < 4.78 is 38.4. The molecule has 0 radical (unpaired) electrons. The number of hydrogen-bond donors (Lipinski definition) is 1. The van der Waals surface area contributed by atoms with E-state index >= 15 is 0 Å². The highest BCUT2D eigenvalue weighted by molar-refractivity contribution is 7.89. The zero-order valence-electron chi connectivity index (χ0n) is 13.1. The molecule has 0 bridgehead atoms. The van der Waals surface area contributed by atoms with Gasteiger partial charge in [0.25, 0.3) is 0 Å². The molecule has 0 aromatic heterocycles. The molecule has 0 aliphatic heterocycles. The predicted molar refractivity (Wildman–Crippen MR) is 87.4 cm³/mol. The van der Waals surface area contributed by atoms with E-state index in [1.54, 1.807) is 6.07 Å². The molecule has 0 saturated heterocycles. The van der Waals surface area contributed by atoms with Crippen molar-refractivity contribution < 1.29 is 17.9 Å². The number of benzene rings is 2. The van der Waals surface area contributed by atoms with Crippen LogP contribution >= 0.6 is 0 Å². The number of fused-ring (bicyclic) bond motifs is 1. The van der Waals surface area contributed by atoms with Gasteiger partial charge in [0.2, 0.25) is 10.0 Å². The second kappa shape index (κ2) is 6.22. The average Bonchev–Trinajstić information content (AvgIpc) is 2.96. The monoisotopic (exact) mass is 333 g/mol. The van der Waals surface area contributed by atoms with E-state index < -0.39 is 10.0 Å². The van der Waals surface area contributed by atoms with Gasteiger partial charge in [-0.25, -0.2) is 13.1 Å². The molecule has 0 fully saturated rings. The van der Waals surface area contributed by atoms with Crippen molar-refractivity contribution in [1.29, 1.82) is 0 Å². The summed E-state index contributed by atoms with van der Waals surface area (Å²) in [6, 6.07) is 12.3. The fraction of sp³-hybridized carbons (Fsp3) is 0.294. The topological polar surface area (TPSA) is 64.6 Å². The Hall–Kier alpha value is -2.05. The smallest absolute Gasteiger partial charge is 0.241 e. The van der Waals surface area contributed by atoms with Crippen LogP contribution in [0.15, 0.2) is 47.4 Å². The maximum absolute atomic E-state index is 12.7. The SMILES string of the molecule is COc1ccc(S(=O)(=O)N[C@H]2CCc3ccccc32)cc1OC. The normalized spacial score (nSPS) is 16.9. The highest BCUT2D eigenvalue weighted by Crippen LogP contribution is 2.33. The Balaban J connectivity index is 1.88. The van der Waals surface area contributed by atoms with Crippen molar-refractivity contribution in [2.45, 2.75) is 23.8 Å². The molecule has 1 aliphatic carbocycles. The molecule has 1 N–H and O–H groups in total. The molecule has 1 atom stereocenters. The Kier molecular flexibility index (Phi) is 4.28. The van der Waals surface area contributed by atoms with Crippen LogP contribution in [0.4, 0.5) is 0 Å². The highest BCUT2D eigenvalue weighted by Gasteiger charge is 2.27. The Bertz CT molecular complexity index is 817. The van der Waals surface area contributed by atoms with Crippen LogP contribution in [-0.2, 0) is 16.4 Å². The number of rotatable bonds is 5. The molecule has 0 unspecified atom stereocenters. The van der Waals surface area contributed by atoms with Crippen LogP contribution in [0.25, 0.3) is 0 Å². The zero-order valence-corrected chi connectivity index (χ0v) is 13.9. The first-order valence-corrected chi connectivity index (χ1v) is 8.85. The van der Waals surface area contributed by atoms with Crippen LogP contribution in [0.5, 0.6) is 11.5 Å². The number of sulfonamides is 1. The first kappa shape index (κ1) is 15.8. The summed E-state index contributed by atoms with van der Waals surface area (Å²) in [5.41, 5.74) is 2.25. The summed E-state index contributed by atoms with van der Waals surface area (Å²) in [5, 5.41) is 0. The van der Waals surface area contributed by atoms with Crippen molar-refractivity contribution in [3.8, 4) is 11.5 Å². The summed E-state index contributed by atoms with van der Waals surface area (Å²) in [5.74, 6) is 0.889. The van der Waals surface area contributed by atoms with Crippen molar-refractivity contribution in [3.05, 3.63) is 53.6 Å². The van der Waals surface area contributed by atoms with E-state index in [2.05, 4.69) is 4.72 Å². The largest absolute Gasteiger partial charge is 0.493 e. The number of nitrogens with one attached hydrogen (secondary N) is 1. The van der Waals surface area contributed by atoms with Gasteiger partial charge in [0.1, 0.15) is 0 Å². The molecule has 1 aliphatic rings. The van der Waals surface area contributed by atoms with Crippen molar-refractivity contribution in [3.63, 3.8) is 0 Å². The van der Waals surface area contributed by atoms with Gasteiger partial charge in [-0.2, -0.15) is 0 Å². The average molecular weight is 333 g/mol. The van der Waals surface area contributed by atoms with E-state index in [9.17, 15) is 8.42 Å².